The third-order valence-corrected chi connectivity index (χ3v) is 4.80. The fourth-order valence-corrected chi connectivity index (χ4v) is 3.20. The first-order chi connectivity index (χ1) is 14.7. The maximum absolute atomic E-state index is 11.9. The van der Waals surface area contributed by atoms with Crippen LogP contribution in [0.5, 0.6) is 5.88 Å². The molecule has 3 rings (SSSR count). The normalized spacial score (nSPS) is 13.9. The largest absolute Gasteiger partial charge is 0.473 e. The summed E-state index contributed by atoms with van der Waals surface area (Å²) in [6.07, 6.45) is 1.50. The fraction of sp³-hybridized carbons (Fsp3) is 0.409. The quantitative estimate of drug-likeness (QED) is 0.346. The molecule has 2 heterocycles. The number of rotatable bonds is 6. The van der Waals surface area contributed by atoms with Crippen molar-refractivity contribution in [3.05, 3.63) is 59.8 Å². The molecule has 1 aliphatic rings. The number of carbonyl (C=O) groups excluding carboxylic acids is 1. The number of hydrogen-bond acceptors (Lipinski definition) is 5. The van der Waals surface area contributed by atoms with Crippen LogP contribution < -0.4 is 10.1 Å². The van der Waals surface area contributed by atoms with E-state index in [-0.39, 0.29) is 30.1 Å². The first kappa shape index (κ1) is 24.7. The lowest BCUT2D eigenvalue weighted by Crippen LogP contribution is -2.53. The first-order valence-corrected chi connectivity index (χ1v) is 10.2. The predicted octanol–water partition coefficient (Wildman–Crippen LogP) is 3.13. The van der Waals surface area contributed by atoms with Gasteiger partial charge < -0.3 is 24.6 Å². The van der Waals surface area contributed by atoms with Crippen LogP contribution in [0.15, 0.2) is 53.7 Å². The average molecular weight is 539 g/mol. The lowest BCUT2D eigenvalue weighted by molar-refractivity contribution is 0.0914. The van der Waals surface area contributed by atoms with Gasteiger partial charge in [-0.2, -0.15) is 0 Å². The standard InChI is InChI=1S/C22H29N5O3.HI/c1-3-29-22(28)27-13-11-26(12-14-27)21(23-2)25-16-19-9-10-24-20(15-19)30-17-18-7-5-4-6-8-18;/h4-10,15H,3,11-14,16-17H2,1-2H3,(H,23,25);1H. The Labute approximate surface area is 200 Å². The van der Waals surface area contributed by atoms with E-state index in [4.69, 9.17) is 9.47 Å². The van der Waals surface area contributed by atoms with Gasteiger partial charge in [0, 0.05) is 52.0 Å². The summed E-state index contributed by atoms with van der Waals surface area (Å²) in [6, 6.07) is 13.9. The summed E-state index contributed by atoms with van der Waals surface area (Å²) in [7, 11) is 1.76. The maximum atomic E-state index is 11.9. The van der Waals surface area contributed by atoms with Gasteiger partial charge in [0.1, 0.15) is 6.61 Å². The van der Waals surface area contributed by atoms with Gasteiger partial charge in [-0.1, -0.05) is 30.3 Å². The Morgan fingerprint density at radius 2 is 1.81 bits per heavy atom. The minimum Gasteiger partial charge on any atom is -0.473 e. The number of piperazine rings is 1. The molecule has 0 spiro atoms. The molecule has 0 atom stereocenters. The van der Waals surface area contributed by atoms with E-state index < -0.39 is 0 Å². The molecule has 1 saturated heterocycles. The Balaban J connectivity index is 0.00000341. The van der Waals surface area contributed by atoms with Crippen LogP contribution >= 0.6 is 24.0 Å². The number of aromatic nitrogens is 1. The number of guanidine groups is 1. The lowest BCUT2D eigenvalue weighted by Gasteiger charge is -2.35. The van der Waals surface area contributed by atoms with Crippen LogP contribution in [-0.2, 0) is 17.9 Å². The van der Waals surface area contributed by atoms with E-state index in [9.17, 15) is 4.79 Å². The van der Waals surface area contributed by atoms with E-state index in [1.165, 1.54) is 0 Å². The number of hydrogen-bond donors (Lipinski definition) is 1. The number of carbonyl (C=O) groups is 1. The molecule has 1 fully saturated rings. The summed E-state index contributed by atoms with van der Waals surface area (Å²) in [6.45, 7) is 5.95. The van der Waals surface area contributed by atoms with Gasteiger partial charge in [0.15, 0.2) is 5.96 Å². The number of benzene rings is 1. The molecule has 1 amide bonds. The molecule has 8 nitrogen and oxygen atoms in total. The summed E-state index contributed by atoms with van der Waals surface area (Å²) in [5.41, 5.74) is 2.16. The molecule has 2 aromatic rings. The number of ether oxygens (including phenoxy) is 2. The highest BCUT2D eigenvalue weighted by molar-refractivity contribution is 14.0. The molecule has 0 radical (unpaired) electrons. The Kier molecular flexibility index (Phi) is 10.3. The summed E-state index contributed by atoms with van der Waals surface area (Å²) < 4.78 is 10.9. The zero-order chi connectivity index (χ0) is 21.2. The van der Waals surface area contributed by atoms with Crippen molar-refractivity contribution in [1.29, 1.82) is 0 Å². The van der Waals surface area contributed by atoms with Crippen molar-refractivity contribution in [3.63, 3.8) is 0 Å². The summed E-state index contributed by atoms with van der Waals surface area (Å²) >= 11 is 0. The van der Waals surface area contributed by atoms with E-state index >= 15 is 0 Å². The Bertz CT molecular complexity index is 842. The average Bonchev–Trinajstić information content (AvgIpc) is 2.80. The second-order valence-electron chi connectivity index (χ2n) is 6.85. The molecule has 1 aromatic carbocycles. The third kappa shape index (κ3) is 7.57. The van der Waals surface area contributed by atoms with Crippen molar-refractivity contribution in [2.45, 2.75) is 20.1 Å². The molecule has 9 heteroatoms. The van der Waals surface area contributed by atoms with Crippen molar-refractivity contribution in [2.75, 3.05) is 39.8 Å². The second-order valence-corrected chi connectivity index (χ2v) is 6.85. The molecule has 1 N–H and O–H groups in total. The zero-order valence-corrected chi connectivity index (χ0v) is 20.3. The van der Waals surface area contributed by atoms with Crippen LogP contribution in [0, 0.1) is 0 Å². The minimum absolute atomic E-state index is 0. The van der Waals surface area contributed by atoms with E-state index in [1.54, 1.807) is 18.1 Å². The van der Waals surface area contributed by atoms with Gasteiger partial charge in [-0.05, 0) is 24.1 Å². The number of halogens is 1. The van der Waals surface area contributed by atoms with E-state index in [0.717, 1.165) is 17.1 Å². The molecule has 168 valence electrons. The van der Waals surface area contributed by atoms with E-state index in [2.05, 4.69) is 20.2 Å². The molecule has 1 aliphatic heterocycles. The highest BCUT2D eigenvalue weighted by Gasteiger charge is 2.23. The topological polar surface area (TPSA) is 79.3 Å². The number of nitrogens with one attached hydrogen (secondary N) is 1. The summed E-state index contributed by atoms with van der Waals surface area (Å²) in [5, 5.41) is 3.38. The summed E-state index contributed by atoms with van der Waals surface area (Å²) in [4.78, 5) is 24.4. The van der Waals surface area contributed by atoms with Gasteiger partial charge in [-0.15, -0.1) is 24.0 Å². The predicted molar refractivity (Wildman–Crippen MR) is 131 cm³/mol. The highest BCUT2D eigenvalue weighted by atomic mass is 127. The smallest absolute Gasteiger partial charge is 0.409 e. The van der Waals surface area contributed by atoms with Crippen LogP contribution in [0.2, 0.25) is 0 Å². The van der Waals surface area contributed by atoms with Crippen LogP contribution in [0.1, 0.15) is 18.1 Å². The highest BCUT2D eigenvalue weighted by Crippen LogP contribution is 2.12. The van der Waals surface area contributed by atoms with Gasteiger partial charge in [-0.3, -0.25) is 4.99 Å². The fourth-order valence-electron chi connectivity index (χ4n) is 3.20. The SMILES string of the molecule is CCOC(=O)N1CCN(C(=NC)NCc2ccnc(OCc3ccccc3)c2)CC1.I. The van der Waals surface area contributed by atoms with E-state index in [1.807, 2.05) is 49.4 Å². The Morgan fingerprint density at radius 1 is 1.10 bits per heavy atom. The summed E-state index contributed by atoms with van der Waals surface area (Å²) in [5.74, 6) is 1.40. The van der Waals surface area contributed by atoms with Gasteiger partial charge in [-0.25, -0.2) is 9.78 Å². The molecular formula is C22H30IN5O3. The number of nitrogens with zero attached hydrogens (tertiary/aromatic N) is 4. The third-order valence-electron chi connectivity index (χ3n) is 4.80. The molecule has 0 bridgehead atoms. The van der Waals surface area contributed by atoms with Gasteiger partial charge in [0.2, 0.25) is 5.88 Å². The van der Waals surface area contributed by atoms with Crippen LogP contribution in [0.25, 0.3) is 0 Å². The molecule has 1 aromatic heterocycles. The van der Waals surface area contributed by atoms with Crippen molar-refractivity contribution < 1.29 is 14.3 Å². The lowest BCUT2D eigenvalue weighted by atomic mass is 10.2. The van der Waals surface area contributed by atoms with Crippen molar-refractivity contribution in [3.8, 4) is 5.88 Å². The second kappa shape index (κ2) is 13.0. The van der Waals surface area contributed by atoms with Crippen LogP contribution in [0.4, 0.5) is 4.79 Å². The number of amides is 1. The van der Waals surface area contributed by atoms with Gasteiger partial charge >= 0.3 is 6.09 Å². The molecule has 0 saturated carbocycles. The van der Waals surface area contributed by atoms with Gasteiger partial charge in [0.05, 0.1) is 6.61 Å². The first-order valence-electron chi connectivity index (χ1n) is 10.2. The van der Waals surface area contributed by atoms with Crippen molar-refractivity contribution >= 4 is 36.0 Å². The van der Waals surface area contributed by atoms with Crippen molar-refractivity contribution in [2.24, 2.45) is 4.99 Å². The molecule has 0 aliphatic carbocycles. The van der Waals surface area contributed by atoms with Crippen LogP contribution in [-0.4, -0.2) is 66.7 Å². The number of aliphatic imine (C=N–C) groups is 1. The molecule has 0 unspecified atom stereocenters. The Morgan fingerprint density at radius 3 is 2.48 bits per heavy atom. The monoisotopic (exact) mass is 539 g/mol. The molecule has 31 heavy (non-hydrogen) atoms. The minimum atomic E-state index is -0.250. The Hall–Kier alpha value is -2.56. The molecular weight excluding hydrogens is 509 g/mol. The maximum Gasteiger partial charge on any atom is 0.409 e. The van der Waals surface area contributed by atoms with Gasteiger partial charge in [0.25, 0.3) is 0 Å². The van der Waals surface area contributed by atoms with Crippen LogP contribution in [0.3, 0.4) is 0 Å². The van der Waals surface area contributed by atoms with E-state index in [0.29, 0.717) is 51.8 Å². The number of pyridine rings is 1. The van der Waals surface area contributed by atoms with Crippen molar-refractivity contribution in [1.82, 2.24) is 20.1 Å². The zero-order valence-electron chi connectivity index (χ0n) is 18.0.